The molecule has 0 heterocycles. The molecule has 0 saturated carbocycles. The maximum atomic E-state index is 15.0. The zero-order valence-corrected chi connectivity index (χ0v) is 23.9. The lowest BCUT2D eigenvalue weighted by Crippen LogP contribution is -2.63. The second-order valence-electron chi connectivity index (χ2n) is 9.34. The van der Waals surface area contributed by atoms with Crippen molar-refractivity contribution in [1.82, 2.24) is 0 Å². The van der Waals surface area contributed by atoms with E-state index in [1.165, 1.54) is 78.9 Å². The van der Waals surface area contributed by atoms with E-state index in [9.17, 15) is 47.9 Å². The van der Waals surface area contributed by atoms with Gasteiger partial charge in [-0.3, -0.25) is 0 Å². The first-order valence-corrected chi connectivity index (χ1v) is 15.6. The lowest BCUT2D eigenvalue weighted by Gasteiger charge is -2.41. The van der Waals surface area contributed by atoms with Crippen LogP contribution in [0.4, 0.5) is 39.5 Å². The number of aryl methyl sites for hydroxylation is 2. The molecule has 0 atom stereocenters. The van der Waals surface area contributed by atoms with Crippen molar-refractivity contribution in [2.75, 3.05) is 0 Å². The molecule has 232 valence electrons. The highest BCUT2D eigenvalue weighted by molar-refractivity contribution is 8.33. The predicted octanol–water partition coefficient (Wildman–Crippen LogP) is 9.56. The van der Waals surface area contributed by atoms with Crippen molar-refractivity contribution >= 4 is 20.4 Å². The van der Waals surface area contributed by atoms with Crippen LogP contribution in [0.25, 0.3) is 0 Å². The predicted molar refractivity (Wildman–Crippen MR) is 141 cm³/mol. The van der Waals surface area contributed by atoms with Crippen LogP contribution in [0, 0.1) is 0 Å². The van der Waals surface area contributed by atoms with Crippen molar-refractivity contribution in [2.45, 2.75) is 77.5 Å². The quantitative estimate of drug-likeness (QED) is 0.184. The minimum absolute atomic E-state index is 0.109. The van der Waals surface area contributed by atoms with Gasteiger partial charge >= 0.3 is 33.4 Å². The second kappa shape index (κ2) is 12.1. The van der Waals surface area contributed by atoms with Crippen LogP contribution >= 0.6 is 10.3 Å². The van der Waals surface area contributed by atoms with Gasteiger partial charge in [-0.2, -0.15) is 47.9 Å². The van der Waals surface area contributed by atoms with Crippen LogP contribution in [0.5, 0.6) is 0 Å². The topological polar surface area (TPSA) is 43.4 Å². The van der Waals surface area contributed by atoms with E-state index in [0.29, 0.717) is 25.7 Å². The fourth-order valence-corrected chi connectivity index (χ4v) is 9.30. The number of alkyl halides is 9. The summed E-state index contributed by atoms with van der Waals surface area (Å²) in [4.78, 5) is -0.342. The molecule has 3 aromatic carbocycles. The zero-order chi connectivity index (χ0) is 31.6. The van der Waals surface area contributed by atoms with E-state index < -0.39 is 43.7 Å². The Kier molecular flexibility index (Phi) is 9.75. The summed E-state index contributed by atoms with van der Waals surface area (Å²) < 4.78 is 155. The van der Waals surface area contributed by atoms with Crippen molar-refractivity contribution in [3.05, 3.63) is 90.0 Å². The molecule has 0 unspecified atom stereocenters. The number of hydrogen-bond acceptors (Lipinski definition) is 3. The summed E-state index contributed by atoms with van der Waals surface area (Å²) in [5, 5.41) is -7.02. The van der Waals surface area contributed by atoms with E-state index in [0.717, 1.165) is 11.1 Å². The van der Waals surface area contributed by atoms with Gasteiger partial charge in [-0.15, -0.1) is 0 Å². The molecule has 0 aliphatic heterocycles. The Balaban J connectivity index is 2.36. The van der Waals surface area contributed by atoms with E-state index in [1.54, 1.807) is 0 Å². The van der Waals surface area contributed by atoms with Crippen LogP contribution in [-0.2, 0) is 26.6 Å². The molecule has 0 saturated heterocycles. The van der Waals surface area contributed by atoms with Gasteiger partial charge in [-0.25, -0.2) is 3.63 Å². The van der Waals surface area contributed by atoms with Gasteiger partial charge in [0, 0.05) is 14.7 Å². The highest BCUT2D eigenvalue weighted by atomic mass is 32.3. The number of benzene rings is 3. The molecule has 0 aliphatic rings. The van der Waals surface area contributed by atoms with Gasteiger partial charge in [-0.05, 0) is 70.7 Å². The van der Waals surface area contributed by atoms with Crippen molar-refractivity contribution in [3.63, 3.8) is 0 Å². The first-order chi connectivity index (χ1) is 19.4. The van der Waals surface area contributed by atoms with E-state index in [1.807, 2.05) is 13.8 Å². The van der Waals surface area contributed by atoms with Crippen LogP contribution in [-0.4, -0.2) is 31.7 Å². The first kappa shape index (κ1) is 33.8. The van der Waals surface area contributed by atoms with Crippen LogP contribution < -0.4 is 0 Å². The Morgan fingerprint density at radius 2 is 0.952 bits per heavy atom. The van der Waals surface area contributed by atoms with Gasteiger partial charge in [-0.1, -0.05) is 69.2 Å². The lowest BCUT2D eigenvalue weighted by molar-refractivity contribution is -0.382. The molecule has 0 radical (unpaired) electrons. The third kappa shape index (κ3) is 5.89. The van der Waals surface area contributed by atoms with Gasteiger partial charge in [0.15, 0.2) is 0 Å². The van der Waals surface area contributed by atoms with Crippen molar-refractivity contribution < 1.29 is 51.6 Å². The SMILES string of the molecule is CCCc1ccc(S(OS(=O)(=O)C(F)(F)C(F)(F)C(F)(F)C(F)(F)F)(c2ccccc2)c2ccc(CCC)cc2)cc1. The Morgan fingerprint density at radius 3 is 1.31 bits per heavy atom. The molecule has 3 rings (SSSR count). The van der Waals surface area contributed by atoms with Gasteiger partial charge in [0.05, 0.1) is 0 Å². The van der Waals surface area contributed by atoms with Crippen molar-refractivity contribution in [2.24, 2.45) is 0 Å². The fourth-order valence-electron chi connectivity index (χ4n) is 4.11. The van der Waals surface area contributed by atoms with E-state index in [2.05, 4.69) is 0 Å². The van der Waals surface area contributed by atoms with Crippen molar-refractivity contribution in [3.8, 4) is 0 Å². The summed E-state index contributed by atoms with van der Waals surface area (Å²) in [7, 11) is -11.2. The summed E-state index contributed by atoms with van der Waals surface area (Å²) >= 11 is 0. The summed E-state index contributed by atoms with van der Waals surface area (Å²) in [5.41, 5.74) is 1.48. The highest BCUT2D eigenvalue weighted by Crippen LogP contribution is 2.71. The number of hydrogen-bond donors (Lipinski definition) is 0. The maximum absolute atomic E-state index is 15.0. The van der Waals surface area contributed by atoms with E-state index in [-0.39, 0.29) is 14.7 Å². The van der Waals surface area contributed by atoms with Gasteiger partial charge in [0.2, 0.25) is 0 Å². The molecule has 3 nitrogen and oxygen atoms in total. The first-order valence-electron chi connectivity index (χ1n) is 12.6. The molecule has 0 bridgehead atoms. The monoisotopic (exact) mass is 646 g/mol. The molecule has 0 spiro atoms. The Labute approximate surface area is 239 Å². The Bertz CT molecular complexity index is 1390. The van der Waals surface area contributed by atoms with Crippen molar-refractivity contribution in [1.29, 1.82) is 0 Å². The smallest absolute Gasteiger partial charge is 0.202 e. The zero-order valence-electron chi connectivity index (χ0n) is 22.3. The van der Waals surface area contributed by atoms with E-state index >= 15 is 0 Å². The third-order valence-corrected chi connectivity index (χ3v) is 11.5. The molecule has 0 aliphatic carbocycles. The Morgan fingerprint density at radius 1 is 0.571 bits per heavy atom. The summed E-state index contributed by atoms with van der Waals surface area (Å²) in [6, 6.07) is 18.1. The van der Waals surface area contributed by atoms with Gasteiger partial charge < -0.3 is 0 Å². The van der Waals surface area contributed by atoms with E-state index in [4.69, 9.17) is 3.63 Å². The molecule has 0 aromatic heterocycles. The number of rotatable bonds is 12. The minimum Gasteiger partial charge on any atom is -0.202 e. The molecule has 14 heteroatoms. The molecule has 0 fully saturated rings. The molecule has 3 aromatic rings. The molecule has 42 heavy (non-hydrogen) atoms. The molecule has 0 amide bonds. The highest BCUT2D eigenvalue weighted by Gasteiger charge is 2.86. The molecular formula is C28H27F9O3S2. The van der Waals surface area contributed by atoms with Crippen LogP contribution in [0.3, 0.4) is 0 Å². The normalized spacial score (nSPS) is 14.2. The third-order valence-electron chi connectivity index (χ3n) is 6.28. The number of halogens is 9. The Hall–Kier alpha value is -2.71. The molecule has 0 N–H and O–H groups in total. The second-order valence-corrected chi connectivity index (χ2v) is 13.8. The molecular weight excluding hydrogens is 619 g/mol. The lowest BCUT2D eigenvalue weighted by atomic mass is 10.1. The largest absolute Gasteiger partial charge is 0.460 e. The summed E-state index contributed by atoms with van der Waals surface area (Å²) in [6.45, 7) is 3.75. The standard InChI is InChI=1S/C28H27F9O3S2/c1-3-8-20-12-16-23(17-13-20)41(22-10-6-5-7-11-22,24-18-14-21(9-4-2)15-19-24)40-42(38,39)28(36,37)26(31,32)25(29,30)27(33,34)35/h5-7,10-19H,3-4,8-9H2,1-2H3. The van der Waals surface area contributed by atoms with Crippen LogP contribution in [0.1, 0.15) is 37.8 Å². The fraction of sp³-hybridized carbons (Fsp3) is 0.357. The van der Waals surface area contributed by atoms with Crippen LogP contribution in [0.15, 0.2) is 93.5 Å². The average molecular weight is 647 g/mol. The summed E-state index contributed by atoms with van der Waals surface area (Å²) in [6.07, 6.45) is -4.67. The van der Waals surface area contributed by atoms with Gasteiger partial charge in [0.25, 0.3) is 0 Å². The van der Waals surface area contributed by atoms with Gasteiger partial charge in [0.1, 0.15) is 0 Å². The maximum Gasteiger partial charge on any atom is 0.460 e. The summed E-state index contributed by atoms with van der Waals surface area (Å²) in [5.74, 6) is -14.9. The average Bonchev–Trinajstić information content (AvgIpc) is 2.92. The van der Waals surface area contributed by atoms with Crippen LogP contribution in [0.2, 0.25) is 0 Å². The minimum atomic E-state index is -7.44.